The summed E-state index contributed by atoms with van der Waals surface area (Å²) in [6, 6.07) is 6.13. The lowest BCUT2D eigenvalue weighted by Crippen LogP contribution is -2.38. The summed E-state index contributed by atoms with van der Waals surface area (Å²) in [5.74, 6) is 0.974. The van der Waals surface area contributed by atoms with E-state index in [9.17, 15) is 4.79 Å². The molecule has 0 radical (unpaired) electrons. The molecule has 0 spiro atoms. The Morgan fingerprint density at radius 3 is 2.86 bits per heavy atom. The predicted molar refractivity (Wildman–Crippen MR) is 84.2 cm³/mol. The van der Waals surface area contributed by atoms with Crippen LogP contribution in [-0.4, -0.2) is 19.1 Å². The minimum Gasteiger partial charge on any atom is -0.496 e. The molecule has 0 aliphatic heterocycles. The molecular formula is C17H26N2O2. The van der Waals surface area contributed by atoms with Crippen molar-refractivity contribution in [3.05, 3.63) is 29.3 Å². The fourth-order valence-corrected chi connectivity index (χ4v) is 3.07. The average Bonchev–Trinajstić information content (AvgIpc) is 2.47. The summed E-state index contributed by atoms with van der Waals surface area (Å²) >= 11 is 0. The van der Waals surface area contributed by atoms with Crippen LogP contribution in [0, 0.1) is 12.8 Å². The molecule has 0 saturated heterocycles. The number of hydrogen-bond donors (Lipinski definition) is 2. The van der Waals surface area contributed by atoms with Crippen LogP contribution in [-0.2, 0) is 4.79 Å². The van der Waals surface area contributed by atoms with Crippen LogP contribution in [0.5, 0.6) is 5.75 Å². The molecule has 116 valence electrons. The number of nitrogens with one attached hydrogen (secondary N) is 1. The molecule has 1 aliphatic rings. The third-order valence-electron chi connectivity index (χ3n) is 4.30. The Balaban J connectivity index is 2.05. The van der Waals surface area contributed by atoms with E-state index < -0.39 is 0 Å². The molecule has 2 rings (SSSR count). The number of methoxy groups -OCH3 is 1. The maximum Gasteiger partial charge on any atom is 0.223 e. The summed E-state index contributed by atoms with van der Waals surface area (Å²) in [6.07, 6.45) is 3.81. The fraction of sp³-hybridized carbons (Fsp3) is 0.588. The lowest BCUT2D eigenvalue weighted by molar-refractivity contribution is -0.126. The molecule has 0 aromatic heterocycles. The van der Waals surface area contributed by atoms with Crippen LogP contribution in [0.3, 0.4) is 0 Å². The first-order valence-corrected chi connectivity index (χ1v) is 7.71. The fourth-order valence-electron chi connectivity index (χ4n) is 3.07. The smallest absolute Gasteiger partial charge is 0.223 e. The van der Waals surface area contributed by atoms with Crippen molar-refractivity contribution in [2.24, 2.45) is 11.7 Å². The highest BCUT2D eigenvalue weighted by atomic mass is 16.5. The van der Waals surface area contributed by atoms with Gasteiger partial charge in [0.25, 0.3) is 0 Å². The van der Waals surface area contributed by atoms with Crippen molar-refractivity contribution in [3.8, 4) is 5.75 Å². The highest BCUT2D eigenvalue weighted by molar-refractivity contribution is 5.79. The highest BCUT2D eigenvalue weighted by Gasteiger charge is 2.26. The average molecular weight is 290 g/mol. The third-order valence-corrected chi connectivity index (χ3v) is 4.30. The van der Waals surface area contributed by atoms with Gasteiger partial charge in [-0.25, -0.2) is 0 Å². The highest BCUT2D eigenvalue weighted by Crippen LogP contribution is 2.28. The summed E-state index contributed by atoms with van der Waals surface area (Å²) in [6.45, 7) is 4.04. The van der Waals surface area contributed by atoms with E-state index in [2.05, 4.69) is 11.4 Å². The number of carbonyl (C=O) groups excluding carboxylic acids is 1. The summed E-state index contributed by atoms with van der Waals surface area (Å²) in [5, 5.41) is 3.11. The second kappa shape index (κ2) is 6.94. The number of rotatable bonds is 4. The van der Waals surface area contributed by atoms with Crippen LogP contribution in [0.2, 0.25) is 0 Å². The van der Waals surface area contributed by atoms with E-state index in [0.717, 1.165) is 42.6 Å². The van der Waals surface area contributed by atoms with Gasteiger partial charge in [0.1, 0.15) is 5.75 Å². The number of ether oxygens (including phenoxy) is 1. The molecule has 21 heavy (non-hydrogen) atoms. The zero-order valence-corrected chi connectivity index (χ0v) is 13.2. The van der Waals surface area contributed by atoms with Gasteiger partial charge < -0.3 is 15.8 Å². The summed E-state index contributed by atoms with van der Waals surface area (Å²) < 4.78 is 5.39. The molecule has 3 N–H and O–H groups in total. The standard InChI is InChI=1S/C17H26N2O2/c1-11-7-8-16(21-3)15(9-11)12(2)19-17(20)13-5-4-6-14(18)10-13/h7-9,12-14H,4-6,10,18H2,1-3H3,(H,19,20). The van der Waals surface area contributed by atoms with E-state index in [-0.39, 0.29) is 23.9 Å². The summed E-state index contributed by atoms with van der Waals surface area (Å²) in [4.78, 5) is 12.4. The molecule has 4 nitrogen and oxygen atoms in total. The van der Waals surface area contributed by atoms with Crippen molar-refractivity contribution in [2.45, 2.75) is 51.6 Å². The third kappa shape index (κ3) is 3.97. The lowest BCUT2D eigenvalue weighted by atomic mass is 9.85. The van der Waals surface area contributed by atoms with Gasteiger partial charge in [0, 0.05) is 17.5 Å². The molecule has 0 bridgehead atoms. The van der Waals surface area contributed by atoms with Gasteiger partial charge in [-0.1, -0.05) is 24.1 Å². The van der Waals surface area contributed by atoms with E-state index in [1.165, 1.54) is 0 Å². The first-order valence-electron chi connectivity index (χ1n) is 7.71. The quantitative estimate of drug-likeness (QED) is 0.896. The maximum absolute atomic E-state index is 12.4. The largest absolute Gasteiger partial charge is 0.496 e. The first kappa shape index (κ1) is 15.8. The Hall–Kier alpha value is -1.55. The minimum atomic E-state index is -0.0644. The first-order chi connectivity index (χ1) is 10.0. The zero-order valence-electron chi connectivity index (χ0n) is 13.2. The van der Waals surface area contributed by atoms with Crippen LogP contribution >= 0.6 is 0 Å². The van der Waals surface area contributed by atoms with Gasteiger partial charge in [-0.15, -0.1) is 0 Å². The Labute approximate surface area is 127 Å². The van der Waals surface area contributed by atoms with Crippen LogP contribution in [0.1, 0.15) is 49.8 Å². The topological polar surface area (TPSA) is 64.3 Å². The lowest BCUT2D eigenvalue weighted by Gasteiger charge is -2.27. The molecule has 1 aromatic rings. The predicted octanol–water partition coefficient (Wildman–Crippen LogP) is 2.70. The van der Waals surface area contributed by atoms with Crippen molar-refractivity contribution >= 4 is 5.91 Å². The number of nitrogens with two attached hydrogens (primary N) is 1. The van der Waals surface area contributed by atoms with Crippen LogP contribution in [0.4, 0.5) is 0 Å². The van der Waals surface area contributed by atoms with Crippen LogP contribution < -0.4 is 15.8 Å². The molecule has 1 amide bonds. The zero-order chi connectivity index (χ0) is 15.4. The van der Waals surface area contributed by atoms with Gasteiger partial charge in [0.15, 0.2) is 0 Å². The summed E-state index contributed by atoms with van der Waals surface area (Å²) in [7, 11) is 1.66. The van der Waals surface area contributed by atoms with Gasteiger partial charge in [-0.05, 0) is 39.2 Å². The number of hydrogen-bond acceptors (Lipinski definition) is 3. The number of amides is 1. The Kier molecular flexibility index (Phi) is 5.23. The summed E-state index contributed by atoms with van der Waals surface area (Å²) in [5.41, 5.74) is 8.15. The van der Waals surface area contributed by atoms with Crippen molar-refractivity contribution < 1.29 is 9.53 Å². The van der Waals surface area contributed by atoms with Crippen molar-refractivity contribution in [1.82, 2.24) is 5.32 Å². The van der Waals surface area contributed by atoms with E-state index in [1.807, 2.05) is 26.0 Å². The van der Waals surface area contributed by atoms with Crippen LogP contribution in [0.15, 0.2) is 18.2 Å². The maximum atomic E-state index is 12.4. The number of aryl methyl sites for hydroxylation is 1. The SMILES string of the molecule is COc1ccc(C)cc1C(C)NC(=O)C1CCCC(N)C1. The monoisotopic (exact) mass is 290 g/mol. The molecule has 0 heterocycles. The molecule has 1 saturated carbocycles. The molecule has 4 heteroatoms. The Morgan fingerprint density at radius 2 is 2.19 bits per heavy atom. The molecular weight excluding hydrogens is 264 g/mol. The van der Waals surface area contributed by atoms with Gasteiger partial charge in [-0.3, -0.25) is 4.79 Å². The molecule has 3 unspecified atom stereocenters. The normalized spacial score (nSPS) is 23.4. The number of carbonyl (C=O) groups is 1. The second-order valence-electron chi connectivity index (χ2n) is 6.10. The van der Waals surface area contributed by atoms with Crippen molar-refractivity contribution in [2.75, 3.05) is 7.11 Å². The van der Waals surface area contributed by atoms with Crippen molar-refractivity contribution in [3.63, 3.8) is 0 Å². The van der Waals surface area contributed by atoms with Gasteiger partial charge >= 0.3 is 0 Å². The van der Waals surface area contributed by atoms with Gasteiger partial charge in [-0.2, -0.15) is 0 Å². The van der Waals surface area contributed by atoms with E-state index in [1.54, 1.807) is 7.11 Å². The Morgan fingerprint density at radius 1 is 1.43 bits per heavy atom. The van der Waals surface area contributed by atoms with E-state index in [0.29, 0.717) is 0 Å². The molecule has 3 atom stereocenters. The van der Waals surface area contributed by atoms with Crippen LogP contribution in [0.25, 0.3) is 0 Å². The molecule has 1 fully saturated rings. The van der Waals surface area contributed by atoms with Crippen molar-refractivity contribution in [1.29, 1.82) is 0 Å². The second-order valence-corrected chi connectivity index (χ2v) is 6.10. The van der Waals surface area contributed by atoms with Gasteiger partial charge in [0.05, 0.1) is 13.2 Å². The molecule has 1 aliphatic carbocycles. The number of benzene rings is 1. The van der Waals surface area contributed by atoms with Gasteiger partial charge in [0.2, 0.25) is 5.91 Å². The van der Waals surface area contributed by atoms with E-state index in [4.69, 9.17) is 10.5 Å². The molecule has 1 aromatic carbocycles. The Bertz CT molecular complexity index is 502. The van der Waals surface area contributed by atoms with E-state index >= 15 is 0 Å². The minimum absolute atomic E-state index is 0.0482.